The van der Waals surface area contributed by atoms with E-state index >= 15 is 0 Å². The molecule has 0 aliphatic carbocycles. The molecule has 1 rings (SSSR count). The normalized spacial score (nSPS) is 11.2. The van der Waals surface area contributed by atoms with Crippen LogP contribution in [0.25, 0.3) is 0 Å². The van der Waals surface area contributed by atoms with Crippen LogP contribution >= 0.6 is 15.9 Å². The molecule has 0 fully saturated rings. The Morgan fingerprint density at radius 2 is 2.11 bits per heavy atom. The average molecular weight is 315 g/mol. The molecule has 0 aliphatic rings. The van der Waals surface area contributed by atoms with Gasteiger partial charge in [0.15, 0.2) is 0 Å². The Labute approximate surface area is 119 Å². The predicted molar refractivity (Wildman–Crippen MR) is 80.0 cm³/mol. The van der Waals surface area contributed by atoms with Crippen molar-refractivity contribution in [3.8, 4) is 0 Å². The highest BCUT2D eigenvalue weighted by Gasteiger charge is 2.00. The third-order valence-corrected chi connectivity index (χ3v) is 3.61. The maximum atomic E-state index is 5.05. The first kappa shape index (κ1) is 15.6. The van der Waals surface area contributed by atoms with Crippen LogP contribution in [0.3, 0.4) is 0 Å². The minimum Gasteiger partial charge on any atom is -0.383 e. The molecule has 1 aromatic carbocycles. The summed E-state index contributed by atoms with van der Waals surface area (Å²) in [5.41, 5.74) is 2.59. The van der Waals surface area contributed by atoms with Gasteiger partial charge in [-0.05, 0) is 31.2 Å². The fourth-order valence-corrected chi connectivity index (χ4v) is 2.28. The summed E-state index contributed by atoms with van der Waals surface area (Å²) in [6.07, 6.45) is 0. The first-order chi connectivity index (χ1) is 8.63. The number of hydrogen-bond acceptors (Lipinski definition) is 3. The molecule has 0 heterocycles. The van der Waals surface area contributed by atoms with Crippen molar-refractivity contribution in [1.29, 1.82) is 0 Å². The summed E-state index contributed by atoms with van der Waals surface area (Å²) in [5.74, 6) is 0. The molecule has 18 heavy (non-hydrogen) atoms. The Kier molecular flexibility index (Phi) is 7.51. The van der Waals surface area contributed by atoms with Gasteiger partial charge >= 0.3 is 0 Å². The maximum Gasteiger partial charge on any atom is 0.0589 e. The number of nitrogens with zero attached hydrogens (tertiary/aromatic N) is 1. The molecule has 3 nitrogen and oxygen atoms in total. The highest BCUT2D eigenvalue weighted by molar-refractivity contribution is 9.10. The zero-order chi connectivity index (χ0) is 13.4. The first-order valence-electron chi connectivity index (χ1n) is 6.26. The van der Waals surface area contributed by atoms with Gasteiger partial charge in [0.1, 0.15) is 0 Å². The molecular formula is C14H23BrN2O. The van der Waals surface area contributed by atoms with Crippen molar-refractivity contribution in [1.82, 2.24) is 10.2 Å². The van der Waals surface area contributed by atoms with E-state index in [9.17, 15) is 0 Å². The van der Waals surface area contributed by atoms with Gasteiger partial charge in [0.05, 0.1) is 6.61 Å². The summed E-state index contributed by atoms with van der Waals surface area (Å²) in [4.78, 5) is 2.26. The number of likely N-dealkylation sites (N-methyl/N-ethyl adjacent to an activating group) is 1. The third kappa shape index (κ3) is 5.96. The zero-order valence-corrected chi connectivity index (χ0v) is 13.1. The van der Waals surface area contributed by atoms with Crippen LogP contribution in [0.1, 0.15) is 11.1 Å². The Bertz CT molecular complexity index is 358. The molecule has 0 aliphatic heterocycles. The number of nitrogens with one attached hydrogen (secondary N) is 1. The van der Waals surface area contributed by atoms with E-state index in [0.717, 1.165) is 32.8 Å². The van der Waals surface area contributed by atoms with E-state index in [-0.39, 0.29) is 0 Å². The second-order valence-corrected chi connectivity index (χ2v) is 5.42. The van der Waals surface area contributed by atoms with Gasteiger partial charge in [-0.15, -0.1) is 0 Å². The molecule has 1 aromatic rings. The zero-order valence-electron chi connectivity index (χ0n) is 11.5. The van der Waals surface area contributed by atoms with E-state index in [1.54, 1.807) is 7.11 Å². The fraction of sp³-hybridized carbons (Fsp3) is 0.571. The third-order valence-electron chi connectivity index (χ3n) is 2.87. The van der Waals surface area contributed by atoms with E-state index in [1.165, 1.54) is 15.6 Å². The smallest absolute Gasteiger partial charge is 0.0589 e. The van der Waals surface area contributed by atoms with Gasteiger partial charge < -0.3 is 15.0 Å². The number of hydrogen-bond donors (Lipinski definition) is 1. The van der Waals surface area contributed by atoms with Crippen molar-refractivity contribution in [3.05, 3.63) is 33.8 Å². The Morgan fingerprint density at radius 1 is 1.33 bits per heavy atom. The van der Waals surface area contributed by atoms with Crippen molar-refractivity contribution < 1.29 is 4.74 Å². The van der Waals surface area contributed by atoms with E-state index in [2.05, 4.69) is 58.3 Å². The molecule has 0 amide bonds. The molecular weight excluding hydrogens is 292 g/mol. The van der Waals surface area contributed by atoms with Crippen LogP contribution in [-0.2, 0) is 11.3 Å². The van der Waals surface area contributed by atoms with Gasteiger partial charge in [-0.25, -0.2) is 0 Å². The second-order valence-electron chi connectivity index (χ2n) is 4.57. The van der Waals surface area contributed by atoms with Crippen LogP contribution in [0.15, 0.2) is 22.7 Å². The molecule has 0 spiro atoms. The summed E-state index contributed by atoms with van der Waals surface area (Å²) in [5, 5.41) is 3.46. The van der Waals surface area contributed by atoms with Crippen molar-refractivity contribution >= 4 is 15.9 Å². The molecule has 4 heteroatoms. The van der Waals surface area contributed by atoms with Crippen LogP contribution in [0.5, 0.6) is 0 Å². The van der Waals surface area contributed by atoms with E-state index in [1.807, 2.05) is 0 Å². The van der Waals surface area contributed by atoms with E-state index in [4.69, 9.17) is 4.74 Å². The van der Waals surface area contributed by atoms with Crippen LogP contribution in [0, 0.1) is 6.92 Å². The fourth-order valence-electron chi connectivity index (χ4n) is 1.65. The minimum absolute atomic E-state index is 0.792. The first-order valence-corrected chi connectivity index (χ1v) is 7.06. The standard InChI is InChI=1S/C14H23BrN2O/c1-12-4-5-13(14(15)10-12)11-16-6-7-17(2)8-9-18-3/h4-5,10,16H,6-9,11H2,1-3H3. The lowest BCUT2D eigenvalue weighted by molar-refractivity contribution is 0.161. The van der Waals surface area contributed by atoms with Crippen LogP contribution in [0.4, 0.5) is 0 Å². The molecule has 0 atom stereocenters. The van der Waals surface area contributed by atoms with Gasteiger partial charge in [-0.2, -0.15) is 0 Å². The summed E-state index contributed by atoms with van der Waals surface area (Å²) >= 11 is 3.60. The van der Waals surface area contributed by atoms with Gasteiger partial charge in [0, 0.05) is 37.8 Å². The lowest BCUT2D eigenvalue weighted by Crippen LogP contribution is -2.31. The van der Waals surface area contributed by atoms with Crippen molar-refractivity contribution in [3.63, 3.8) is 0 Å². The monoisotopic (exact) mass is 314 g/mol. The summed E-state index contributed by atoms with van der Waals surface area (Å²) in [7, 11) is 3.85. The second kappa shape index (κ2) is 8.64. The van der Waals surface area contributed by atoms with Gasteiger partial charge in [0.25, 0.3) is 0 Å². The number of aryl methyl sites for hydroxylation is 1. The predicted octanol–water partition coefficient (Wildman–Crippen LogP) is 2.43. The SMILES string of the molecule is COCCN(C)CCNCc1ccc(C)cc1Br. The molecule has 0 unspecified atom stereocenters. The van der Waals surface area contributed by atoms with E-state index < -0.39 is 0 Å². The molecule has 102 valence electrons. The number of methoxy groups -OCH3 is 1. The molecule has 0 radical (unpaired) electrons. The van der Waals surface area contributed by atoms with Gasteiger partial charge in [0.2, 0.25) is 0 Å². The quantitative estimate of drug-likeness (QED) is 0.746. The number of rotatable bonds is 8. The Morgan fingerprint density at radius 3 is 2.78 bits per heavy atom. The van der Waals surface area contributed by atoms with Gasteiger partial charge in [-0.1, -0.05) is 28.1 Å². The molecule has 0 saturated heterocycles. The Balaban J connectivity index is 2.21. The van der Waals surface area contributed by atoms with Crippen molar-refractivity contribution in [2.75, 3.05) is 40.4 Å². The molecule has 0 bridgehead atoms. The maximum absolute atomic E-state index is 5.05. The lowest BCUT2D eigenvalue weighted by Gasteiger charge is -2.16. The van der Waals surface area contributed by atoms with Crippen molar-refractivity contribution in [2.45, 2.75) is 13.5 Å². The summed E-state index contributed by atoms with van der Waals surface area (Å²) in [6.45, 7) is 6.80. The van der Waals surface area contributed by atoms with Crippen LogP contribution in [0.2, 0.25) is 0 Å². The molecule has 0 saturated carbocycles. The number of halogens is 1. The van der Waals surface area contributed by atoms with Crippen LogP contribution in [-0.4, -0.2) is 45.3 Å². The summed E-state index contributed by atoms with van der Waals surface area (Å²) < 4.78 is 6.23. The highest BCUT2D eigenvalue weighted by atomic mass is 79.9. The van der Waals surface area contributed by atoms with Gasteiger partial charge in [-0.3, -0.25) is 0 Å². The van der Waals surface area contributed by atoms with E-state index in [0.29, 0.717) is 0 Å². The Hall–Kier alpha value is -0.420. The molecule has 1 N–H and O–H groups in total. The lowest BCUT2D eigenvalue weighted by atomic mass is 10.1. The highest BCUT2D eigenvalue weighted by Crippen LogP contribution is 2.17. The average Bonchev–Trinajstić information content (AvgIpc) is 2.34. The molecule has 0 aromatic heterocycles. The topological polar surface area (TPSA) is 24.5 Å². The van der Waals surface area contributed by atoms with Crippen molar-refractivity contribution in [2.24, 2.45) is 0 Å². The number of ether oxygens (including phenoxy) is 1. The largest absolute Gasteiger partial charge is 0.383 e. The number of benzene rings is 1. The summed E-state index contributed by atoms with van der Waals surface area (Å²) in [6, 6.07) is 6.47. The minimum atomic E-state index is 0.792. The van der Waals surface area contributed by atoms with Crippen LogP contribution < -0.4 is 5.32 Å².